The zero-order valence-corrected chi connectivity index (χ0v) is 22.0. The number of nitrogens with zero attached hydrogens (tertiary/aromatic N) is 1. The third-order valence-electron chi connectivity index (χ3n) is 7.00. The predicted molar refractivity (Wildman–Crippen MR) is 153 cm³/mol. The summed E-state index contributed by atoms with van der Waals surface area (Å²) in [6, 6.07) is 27.2. The van der Waals surface area contributed by atoms with E-state index in [1.54, 1.807) is 28.8 Å². The SMILES string of the molecule is CC(C)(C)c1ccc(-c2c(C(=O)O)n(Cc3cc(O)cc(-c4ccc(C(=O)O)cc4)c3)c3ccccc23)cc1. The van der Waals surface area contributed by atoms with Crippen LogP contribution < -0.4 is 0 Å². The molecular formula is C33H29NO5. The van der Waals surface area contributed by atoms with E-state index in [0.717, 1.165) is 27.6 Å². The highest BCUT2D eigenvalue weighted by Crippen LogP contribution is 2.37. The van der Waals surface area contributed by atoms with Gasteiger partial charge in [-0.2, -0.15) is 0 Å². The van der Waals surface area contributed by atoms with Gasteiger partial charge >= 0.3 is 11.9 Å². The lowest BCUT2D eigenvalue weighted by Gasteiger charge is -2.19. The molecule has 5 rings (SSSR count). The van der Waals surface area contributed by atoms with Gasteiger partial charge in [-0.3, -0.25) is 0 Å². The molecule has 0 saturated carbocycles. The van der Waals surface area contributed by atoms with E-state index in [2.05, 4.69) is 20.8 Å². The van der Waals surface area contributed by atoms with Crippen molar-refractivity contribution < 1.29 is 24.9 Å². The Morgan fingerprint density at radius 3 is 2.00 bits per heavy atom. The Morgan fingerprint density at radius 1 is 0.744 bits per heavy atom. The van der Waals surface area contributed by atoms with Crippen LogP contribution in [0.4, 0.5) is 0 Å². The van der Waals surface area contributed by atoms with Gasteiger partial charge < -0.3 is 19.9 Å². The molecule has 0 amide bonds. The van der Waals surface area contributed by atoms with Crippen LogP contribution in [0.5, 0.6) is 5.75 Å². The molecule has 0 fully saturated rings. The fraction of sp³-hybridized carbons (Fsp3) is 0.152. The number of para-hydroxylation sites is 1. The summed E-state index contributed by atoms with van der Waals surface area (Å²) in [7, 11) is 0. The molecule has 0 spiro atoms. The fourth-order valence-corrected chi connectivity index (χ4v) is 5.04. The number of fused-ring (bicyclic) bond motifs is 1. The predicted octanol–water partition coefficient (Wildman–Crippen LogP) is 7.42. The van der Waals surface area contributed by atoms with E-state index in [1.807, 2.05) is 54.6 Å². The van der Waals surface area contributed by atoms with Crippen LogP contribution in [0, 0.1) is 0 Å². The highest BCUT2D eigenvalue weighted by molar-refractivity contribution is 6.08. The fourth-order valence-electron chi connectivity index (χ4n) is 5.04. The zero-order chi connectivity index (χ0) is 27.9. The zero-order valence-electron chi connectivity index (χ0n) is 22.0. The van der Waals surface area contributed by atoms with Crippen molar-refractivity contribution in [1.82, 2.24) is 4.57 Å². The van der Waals surface area contributed by atoms with Gasteiger partial charge in [0.1, 0.15) is 11.4 Å². The van der Waals surface area contributed by atoms with Crippen LogP contribution in [0.25, 0.3) is 33.2 Å². The Balaban J connectivity index is 1.63. The van der Waals surface area contributed by atoms with Gasteiger partial charge in [-0.05, 0) is 69.6 Å². The van der Waals surface area contributed by atoms with Crippen molar-refractivity contribution >= 4 is 22.8 Å². The highest BCUT2D eigenvalue weighted by Gasteiger charge is 2.24. The molecule has 0 aliphatic heterocycles. The van der Waals surface area contributed by atoms with Crippen LogP contribution in [0.15, 0.2) is 91.0 Å². The molecule has 3 N–H and O–H groups in total. The average Bonchev–Trinajstić information content (AvgIpc) is 3.22. The maximum absolute atomic E-state index is 12.7. The van der Waals surface area contributed by atoms with Crippen LogP contribution in [0.2, 0.25) is 0 Å². The van der Waals surface area contributed by atoms with E-state index in [4.69, 9.17) is 0 Å². The quantitative estimate of drug-likeness (QED) is 0.217. The summed E-state index contributed by atoms with van der Waals surface area (Å²) in [5, 5.41) is 31.0. The molecule has 1 aromatic heterocycles. The Hall–Kier alpha value is -4.84. The molecule has 6 heteroatoms. The van der Waals surface area contributed by atoms with Crippen LogP contribution in [0.1, 0.15) is 52.7 Å². The van der Waals surface area contributed by atoms with Crippen molar-refractivity contribution in [3.05, 3.63) is 113 Å². The number of aromatic nitrogens is 1. The van der Waals surface area contributed by atoms with E-state index < -0.39 is 11.9 Å². The number of aromatic hydroxyl groups is 1. The molecule has 196 valence electrons. The molecule has 39 heavy (non-hydrogen) atoms. The molecule has 6 nitrogen and oxygen atoms in total. The van der Waals surface area contributed by atoms with Crippen molar-refractivity contribution in [3.8, 4) is 28.0 Å². The Labute approximate surface area is 226 Å². The van der Waals surface area contributed by atoms with E-state index in [-0.39, 0.29) is 29.0 Å². The maximum atomic E-state index is 12.7. The van der Waals surface area contributed by atoms with E-state index in [1.165, 1.54) is 12.1 Å². The topological polar surface area (TPSA) is 99.8 Å². The minimum atomic E-state index is -1.04. The van der Waals surface area contributed by atoms with Crippen molar-refractivity contribution in [2.75, 3.05) is 0 Å². The van der Waals surface area contributed by atoms with Crippen molar-refractivity contribution in [2.45, 2.75) is 32.7 Å². The molecule has 4 aromatic carbocycles. The lowest BCUT2D eigenvalue weighted by Crippen LogP contribution is -2.11. The summed E-state index contributed by atoms with van der Waals surface area (Å²) in [4.78, 5) is 24.0. The first-order valence-corrected chi connectivity index (χ1v) is 12.6. The first-order chi connectivity index (χ1) is 18.5. The van der Waals surface area contributed by atoms with Crippen molar-refractivity contribution in [1.29, 1.82) is 0 Å². The number of benzene rings is 4. The molecule has 0 saturated heterocycles. The molecule has 5 aromatic rings. The summed E-state index contributed by atoms with van der Waals surface area (Å²) in [5.74, 6) is -2.01. The van der Waals surface area contributed by atoms with Gasteiger partial charge in [-0.1, -0.05) is 75.4 Å². The number of aromatic carboxylic acids is 2. The second-order valence-corrected chi connectivity index (χ2v) is 10.7. The van der Waals surface area contributed by atoms with E-state index in [9.17, 15) is 24.9 Å². The first-order valence-electron chi connectivity index (χ1n) is 12.6. The largest absolute Gasteiger partial charge is 0.508 e. The van der Waals surface area contributed by atoms with Gasteiger partial charge in [0, 0.05) is 23.0 Å². The molecule has 0 bridgehead atoms. The number of carboxylic acids is 2. The summed E-state index contributed by atoms with van der Waals surface area (Å²) < 4.78 is 1.77. The normalized spacial score (nSPS) is 11.6. The molecule has 0 aliphatic carbocycles. The lowest BCUT2D eigenvalue weighted by molar-refractivity contribution is 0.0680. The molecule has 0 atom stereocenters. The Bertz CT molecular complexity index is 1700. The number of carbonyl (C=O) groups is 2. The van der Waals surface area contributed by atoms with Gasteiger partial charge in [0.05, 0.1) is 5.56 Å². The molecule has 0 aliphatic rings. The highest BCUT2D eigenvalue weighted by atomic mass is 16.4. The van der Waals surface area contributed by atoms with Crippen molar-refractivity contribution in [2.24, 2.45) is 0 Å². The van der Waals surface area contributed by atoms with Crippen LogP contribution in [0.3, 0.4) is 0 Å². The summed E-state index contributed by atoms with van der Waals surface area (Å²) in [6.45, 7) is 6.64. The molecule has 1 heterocycles. The Kier molecular flexibility index (Phi) is 6.48. The summed E-state index contributed by atoms with van der Waals surface area (Å²) >= 11 is 0. The average molecular weight is 520 g/mol. The standard InChI is InChI=1S/C33H29NO5/c1-33(2,3)25-14-12-22(13-15-25)29-27-6-4-5-7-28(27)34(30(29)32(38)39)19-20-16-24(18-26(35)17-20)21-8-10-23(11-9-21)31(36)37/h4-18,35H,19H2,1-3H3,(H,36,37)(H,38,39). The lowest BCUT2D eigenvalue weighted by atomic mass is 9.86. The summed E-state index contributed by atoms with van der Waals surface area (Å²) in [5.41, 5.74) is 5.90. The number of phenolic OH excluding ortho intramolecular Hbond substituents is 1. The second kappa shape index (κ2) is 9.80. The van der Waals surface area contributed by atoms with Gasteiger partial charge in [-0.15, -0.1) is 0 Å². The van der Waals surface area contributed by atoms with Gasteiger partial charge in [0.2, 0.25) is 0 Å². The third-order valence-corrected chi connectivity index (χ3v) is 7.00. The van der Waals surface area contributed by atoms with Gasteiger partial charge in [0.15, 0.2) is 0 Å². The minimum Gasteiger partial charge on any atom is -0.508 e. The molecule has 0 radical (unpaired) electrons. The number of rotatable bonds is 6. The van der Waals surface area contributed by atoms with Crippen LogP contribution in [-0.2, 0) is 12.0 Å². The third kappa shape index (κ3) is 5.01. The van der Waals surface area contributed by atoms with Crippen LogP contribution >= 0.6 is 0 Å². The first kappa shape index (κ1) is 25.8. The smallest absolute Gasteiger partial charge is 0.353 e. The van der Waals surface area contributed by atoms with Crippen LogP contribution in [-0.4, -0.2) is 31.8 Å². The van der Waals surface area contributed by atoms with Gasteiger partial charge in [-0.25, -0.2) is 9.59 Å². The molecular weight excluding hydrogens is 490 g/mol. The maximum Gasteiger partial charge on any atom is 0.353 e. The number of phenols is 1. The number of hydrogen-bond donors (Lipinski definition) is 3. The molecule has 0 unspecified atom stereocenters. The number of carboxylic acid groups (broad SMARTS) is 2. The van der Waals surface area contributed by atoms with E-state index in [0.29, 0.717) is 16.7 Å². The monoisotopic (exact) mass is 519 g/mol. The summed E-state index contributed by atoms with van der Waals surface area (Å²) in [6.07, 6.45) is 0. The van der Waals surface area contributed by atoms with Gasteiger partial charge in [0.25, 0.3) is 0 Å². The second-order valence-electron chi connectivity index (χ2n) is 10.7. The number of hydrogen-bond acceptors (Lipinski definition) is 3. The minimum absolute atomic E-state index is 0.0247. The van der Waals surface area contributed by atoms with E-state index >= 15 is 0 Å². The Morgan fingerprint density at radius 2 is 1.38 bits per heavy atom. The van der Waals surface area contributed by atoms with Crippen molar-refractivity contribution in [3.63, 3.8) is 0 Å².